The van der Waals surface area contributed by atoms with Crippen molar-refractivity contribution in [3.05, 3.63) is 58.1 Å². The van der Waals surface area contributed by atoms with Crippen LogP contribution in [0.3, 0.4) is 0 Å². The number of carboxylic acids is 1. The SMILES string of the molecule is O=C(O)c1ncc2[nH]c(=O)c(-c3ccc(CC4CCCC4)cc3)cc2c1O. The van der Waals surface area contributed by atoms with Crippen LogP contribution in [-0.4, -0.2) is 26.2 Å². The highest BCUT2D eigenvalue weighted by Gasteiger charge is 2.18. The Bertz CT molecular complexity index is 1060. The Morgan fingerprint density at radius 2 is 1.89 bits per heavy atom. The predicted octanol–water partition coefficient (Wildman–Crippen LogP) is 3.73. The molecule has 6 nitrogen and oxygen atoms in total. The number of aromatic hydroxyl groups is 1. The van der Waals surface area contributed by atoms with Gasteiger partial charge in [0.15, 0.2) is 11.4 Å². The summed E-state index contributed by atoms with van der Waals surface area (Å²) < 4.78 is 0. The minimum atomic E-state index is -1.32. The third-order valence-electron chi connectivity index (χ3n) is 5.34. The summed E-state index contributed by atoms with van der Waals surface area (Å²) >= 11 is 0. The van der Waals surface area contributed by atoms with Gasteiger partial charge in [-0.15, -0.1) is 0 Å². The summed E-state index contributed by atoms with van der Waals surface area (Å²) in [6, 6.07) is 9.39. The molecular weight excluding hydrogens is 344 g/mol. The highest BCUT2D eigenvalue weighted by molar-refractivity contribution is 5.98. The van der Waals surface area contributed by atoms with Crippen LogP contribution < -0.4 is 5.56 Å². The Kier molecular flexibility index (Phi) is 4.39. The van der Waals surface area contributed by atoms with Gasteiger partial charge in [-0.1, -0.05) is 49.9 Å². The van der Waals surface area contributed by atoms with Gasteiger partial charge in [0.2, 0.25) is 0 Å². The molecule has 0 atom stereocenters. The van der Waals surface area contributed by atoms with E-state index in [4.69, 9.17) is 5.11 Å². The Labute approximate surface area is 155 Å². The maximum Gasteiger partial charge on any atom is 0.358 e. The summed E-state index contributed by atoms with van der Waals surface area (Å²) in [7, 11) is 0. The van der Waals surface area contributed by atoms with E-state index in [1.807, 2.05) is 24.3 Å². The van der Waals surface area contributed by atoms with Crippen molar-refractivity contribution in [1.29, 1.82) is 0 Å². The van der Waals surface area contributed by atoms with E-state index in [9.17, 15) is 14.7 Å². The third kappa shape index (κ3) is 3.30. The first kappa shape index (κ1) is 17.3. The molecule has 1 aliphatic rings. The number of H-pyrrole nitrogens is 1. The molecule has 4 rings (SSSR count). The van der Waals surface area contributed by atoms with Gasteiger partial charge < -0.3 is 15.2 Å². The largest absolute Gasteiger partial charge is 0.505 e. The number of hydrogen-bond acceptors (Lipinski definition) is 4. The number of benzene rings is 1. The fourth-order valence-corrected chi connectivity index (χ4v) is 3.90. The Morgan fingerprint density at radius 3 is 2.56 bits per heavy atom. The second-order valence-electron chi connectivity index (χ2n) is 7.15. The monoisotopic (exact) mass is 364 g/mol. The van der Waals surface area contributed by atoms with E-state index in [1.165, 1.54) is 43.5 Å². The Balaban J connectivity index is 1.72. The Hall–Kier alpha value is -3.15. The first-order valence-corrected chi connectivity index (χ1v) is 9.10. The number of nitrogens with one attached hydrogen (secondary N) is 1. The van der Waals surface area contributed by atoms with E-state index in [-0.39, 0.29) is 10.9 Å². The van der Waals surface area contributed by atoms with Gasteiger partial charge in [0, 0.05) is 10.9 Å². The molecule has 138 valence electrons. The summed E-state index contributed by atoms with van der Waals surface area (Å²) in [5.74, 6) is -1.02. The van der Waals surface area contributed by atoms with Gasteiger partial charge in [0.25, 0.3) is 5.56 Å². The van der Waals surface area contributed by atoms with E-state index >= 15 is 0 Å². The summed E-state index contributed by atoms with van der Waals surface area (Å²) in [5.41, 5.74) is 1.91. The first-order chi connectivity index (χ1) is 13.0. The molecule has 27 heavy (non-hydrogen) atoms. The number of carboxylic acid groups (broad SMARTS) is 1. The first-order valence-electron chi connectivity index (χ1n) is 9.10. The number of aromatic nitrogens is 2. The molecule has 2 heterocycles. The molecule has 0 unspecified atom stereocenters. The molecule has 0 aliphatic heterocycles. The van der Waals surface area contributed by atoms with Gasteiger partial charge in [0.1, 0.15) is 0 Å². The lowest BCUT2D eigenvalue weighted by Crippen LogP contribution is -2.10. The molecule has 2 aromatic heterocycles. The molecule has 0 saturated heterocycles. The molecule has 3 aromatic rings. The minimum Gasteiger partial charge on any atom is -0.505 e. The van der Waals surface area contributed by atoms with Crippen molar-refractivity contribution in [2.75, 3.05) is 0 Å². The zero-order valence-corrected chi connectivity index (χ0v) is 14.7. The van der Waals surface area contributed by atoms with E-state index in [0.29, 0.717) is 11.1 Å². The fourth-order valence-electron chi connectivity index (χ4n) is 3.90. The number of aromatic amines is 1. The van der Waals surface area contributed by atoms with Crippen LogP contribution in [-0.2, 0) is 6.42 Å². The summed E-state index contributed by atoms with van der Waals surface area (Å²) in [6.07, 6.45) is 7.49. The summed E-state index contributed by atoms with van der Waals surface area (Å²) in [4.78, 5) is 30.0. The standard InChI is InChI=1S/C21H20N2O4/c24-19-16-10-15(20(25)23-17(16)11-22-18(19)21(26)27)14-7-5-13(6-8-14)9-12-3-1-2-4-12/h5-8,10-12,24H,1-4,9H2,(H,23,25)(H,26,27). The number of carbonyl (C=O) groups is 1. The molecule has 1 saturated carbocycles. The molecular formula is C21H20N2O4. The topological polar surface area (TPSA) is 103 Å². The molecule has 0 amide bonds. The zero-order chi connectivity index (χ0) is 19.0. The van der Waals surface area contributed by atoms with Crippen LogP contribution in [0.5, 0.6) is 5.75 Å². The van der Waals surface area contributed by atoms with Crippen LogP contribution in [0.25, 0.3) is 22.0 Å². The molecule has 3 N–H and O–H groups in total. The molecule has 1 fully saturated rings. The van der Waals surface area contributed by atoms with Gasteiger partial charge in [-0.25, -0.2) is 9.78 Å². The van der Waals surface area contributed by atoms with Crippen LogP contribution in [0.15, 0.2) is 41.3 Å². The highest BCUT2D eigenvalue weighted by Crippen LogP contribution is 2.30. The second kappa shape index (κ2) is 6.87. The van der Waals surface area contributed by atoms with Crippen molar-refractivity contribution in [2.45, 2.75) is 32.1 Å². The average molecular weight is 364 g/mol. The zero-order valence-electron chi connectivity index (χ0n) is 14.7. The lowest BCUT2D eigenvalue weighted by molar-refractivity contribution is 0.0687. The normalized spacial score (nSPS) is 14.7. The smallest absolute Gasteiger partial charge is 0.358 e. The minimum absolute atomic E-state index is 0.257. The van der Waals surface area contributed by atoms with Gasteiger partial charge in [0.05, 0.1) is 11.7 Å². The second-order valence-corrected chi connectivity index (χ2v) is 7.15. The lowest BCUT2D eigenvalue weighted by Gasteiger charge is -2.10. The van der Waals surface area contributed by atoms with Crippen molar-refractivity contribution in [3.63, 3.8) is 0 Å². The van der Waals surface area contributed by atoms with Gasteiger partial charge in [-0.2, -0.15) is 0 Å². The fraction of sp³-hybridized carbons (Fsp3) is 0.286. The molecule has 0 bridgehead atoms. The lowest BCUT2D eigenvalue weighted by atomic mass is 9.96. The molecule has 1 aliphatic carbocycles. The van der Waals surface area contributed by atoms with Crippen molar-refractivity contribution < 1.29 is 15.0 Å². The number of hydrogen-bond donors (Lipinski definition) is 3. The molecule has 0 radical (unpaired) electrons. The maximum absolute atomic E-state index is 12.4. The van der Waals surface area contributed by atoms with Crippen LogP contribution in [0.2, 0.25) is 0 Å². The number of nitrogens with zero attached hydrogens (tertiary/aromatic N) is 1. The van der Waals surface area contributed by atoms with Crippen LogP contribution in [0, 0.1) is 5.92 Å². The number of rotatable bonds is 4. The Morgan fingerprint density at radius 1 is 1.19 bits per heavy atom. The number of pyridine rings is 2. The molecule has 0 spiro atoms. The van der Waals surface area contributed by atoms with Crippen molar-refractivity contribution in [1.82, 2.24) is 9.97 Å². The van der Waals surface area contributed by atoms with Crippen molar-refractivity contribution in [3.8, 4) is 16.9 Å². The highest BCUT2D eigenvalue weighted by atomic mass is 16.4. The quantitative estimate of drug-likeness (QED) is 0.654. The van der Waals surface area contributed by atoms with Gasteiger partial charge in [-0.3, -0.25) is 4.79 Å². The van der Waals surface area contributed by atoms with Crippen molar-refractivity contribution >= 4 is 16.9 Å². The van der Waals surface area contributed by atoms with Crippen molar-refractivity contribution in [2.24, 2.45) is 5.92 Å². The van der Waals surface area contributed by atoms with E-state index in [2.05, 4.69) is 9.97 Å². The maximum atomic E-state index is 12.4. The molecule has 1 aromatic carbocycles. The average Bonchev–Trinajstić information content (AvgIpc) is 3.15. The van der Waals surface area contributed by atoms with E-state index < -0.39 is 17.4 Å². The van der Waals surface area contributed by atoms with Gasteiger partial charge in [-0.05, 0) is 29.5 Å². The van der Waals surface area contributed by atoms with Crippen LogP contribution in [0.1, 0.15) is 41.7 Å². The number of aromatic carboxylic acids is 1. The van der Waals surface area contributed by atoms with E-state index in [1.54, 1.807) is 0 Å². The third-order valence-corrected chi connectivity index (χ3v) is 5.34. The van der Waals surface area contributed by atoms with Crippen LogP contribution >= 0.6 is 0 Å². The number of fused-ring (bicyclic) bond motifs is 1. The molecule has 6 heteroatoms. The predicted molar refractivity (Wildman–Crippen MR) is 102 cm³/mol. The summed E-state index contributed by atoms with van der Waals surface area (Å²) in [6.45, 7) is 0. The van der Waals surface area contributed by atoms with E-state index in [0.717, 1.165) is 17.9 Å². The van der Waals surface area contributed by atoms with Crippen LogP contribution in [0.4, 0.5) is 0 Å². The van der Waals surface area contributed by atoms with Gasteiger partial charge >= 0.3 is 5.97 Å². The summed E-state index contributed by atoms with van der Waals surface area (Å²) in [5, 5.41) is 19.6.